The van der Waals surface area contributed by atoms with Crippen LogP contribution in [0, 0.1) is 10.1 Å². The number of hydrogen-bond donors (Lipinski definition) is 0. The number of carbonyl (C=O) groups excluding carboxylic acids is 1. The van der Waals surface area contributed by atoms with Gasteiger partial charge in [0.15, 0.2) is 0 Å². The first-order valence-electron chi connectivity index (χ1n) is 8.74. The molecule has 7 heteroatoms. The van der Waals surface area contributed by atoms with Gasteiger partial charge in [0.2, 0.25) is 0 Å². The summed E-state index contributed by atoms with van der Waals surface area (Å²) in [6.45, 7) is 1.77. The number of oxime groups is 1. The summed E-state index contributed by atoms with van der Waals surface area (Å²) < 4.78 is 0. The minimum absolute atomic E-state index is 0.0191. The zero-order valence-electron chi connectivity index (χ0n) is 14.5. The van der Waals surface area contributed by atoms with Crippen LogP contribution in [0.25, 0.3) is 6.08 Å². The van der Waals surface area contributed by atoms with Crippen LogP contribution in [0.15, 0.2) is 59.3 Å². The lowest BCUT2D eigenvalue weighted by Gasteiger charge is -2.20. The maximum atomic E-state index is 12.3. The maximum Gasteiger partial charge on any atom is 0.368 e. The van der Waals surface area contributed by atoms with E-state index in [9.17, 15) is 14.9 Å². The fourth-order valence-electron chi connectivity index (χ4n) is 3.39. The Balaban J connectivity index is 1.81. The van der Waals surface area contributed by atoms with E-state index in [1.54, 1.807) is 12.1 Å². The van der Waals surface area contributed by atoms with Crippen LogP contribution in [0.2, 0.25) is 0 Å². The molecule has 0 amide bonds. The number of hydrogen-bond acceptors (Lipinski definition) is 6. The van der Waals surface area contributed by atoms with Crippen LogP contribution in [0.3, 0.4) is 0 Å². The smallest absolute Gasteiger partial charge is 0.368 e. The Morgan fingerprint density at radius 3 is 2.56 bits per heavy atom. The van der Waals surface area contributed by atoms with Crippen molar-refractivity contribution in [2.45, 2.75) is 12.8 Å². The lowest BCUT2D eigenvalue weighted by atomic mass is 9.99. The Bertz CT molecular complexity index is 960. The van der Waals surface area contributed by atoms with E-state index in [0.717, 1.165) is 37.2 Å². The highest BCUT2D eigenvalue weighted by molar-refractivity contribution is 6.31. The monoisotopic (exact) mass is 363 g/mol. The molecule has 0 aliphatic carbocycles. The topological polar surface area (TPSA) is 85.0 Å². The molecule has 0 aromatic heterocycles. The molecule has 0 bridgehead atoms. The van der Waals surface area contributed by atoms with Crippen LogP contribution >= 0.6 is 0 Å². The molecular weight excluding hydrogens is 346 g/mol. The Morgan fingerprint density at radius 2 is 1.85 bits per heavy atom. The molecule has 136 valence electrons. The van der Waals surface area contributed by atoms with E-state index in [0.29, 0.717) is 16.8 Å². The molecule has 1 fully saturated rings. The van der Waals surface area contributed by atoms with Gasteiger partial charge in [-0.1, -0.05) is 35.5 Å². The van der Waals surface area contributed by atoms with Gasteiger partial charge < -0.3 is 9.74 Å². The summed E-state index contributed by atoms with van der Waals surface area (Å²) in [5.41, 5.74) is 2.94. The molecule has 0 atom stereocenters. The van der Waals surface area contributed by atoms with Gasteiger partial charge in [-0.25, -0.2) is 4.79 Å². The average molecular weight is 363 g/mol. The summed E-state index contributed by atoms with van der Waals surface area (Å²) in [7, 11) is 0. The Hall–Kier alpha value is -3.48. The van der Waals surface area contributed by atoms with Crippen molar-refractivity contribution in [3.63, 3.8) is 0 Å². The summed E-state index contributed by atoms with van der Waals surface area (Å²) in [5, 5.41) is 15.1. The zero-order chi connectivity index (χ0) is 18.8. The number of rotatable bonds is 4. The van der Waals surface area contributed by atoms with Crippen LogP contribution in [0.4, 0.5) is 11.4 Å². The SMILES string of the molecule is O=C1ON=C(c2ccccc2)/C1=C\c1cc([N+](=O)[O-])ccc1N1CCCC1. The van der Waals surface area contributed by atoms with Gasteiger partial charge in [0.25, 0.3) is 5.69 Å². The van der Waals surface area contributed by atoms with Gasteiger partial charge in [-0.3, -0.25) is 10.1 Å². The Kier molecular flexibility index (Phi) is 4.42. The summed E-state index contributed by atoms with van der Waals surface area (Å²) in [5.74, 6) is -0.562. The van der Waals surface area contributed by atoms with Gasteiger partial charge in [0.1, 0.15) is 5.71 Å². The second-order valence-corrected chi connectivity index (χ2v) is 6.44. The summed E-state index contributed by atoms with van der Waals surface area (Å²) in [4.78, 5) is 30.1. The number of benzene rings is 2. The average Bonchev–Trinajstić information content (AvgIpc) is 3.33. The third kappa shape index (κ3) is 3.31. The summed E-state index contributed by atoms with van der Waals surface area (Å²) >= 11 is 0. The van der Waals surface area contributed by atoms with E-state index >= 15 is 0 Å². The molecule has 0 radical (unpaired) electrons. The van der Waals surface area contributed by atoms with Crippen molar-refractivity contribution in [3.05, 3.63) is 75.3 Å². The van der Waals surface area contributed by atoms with Crippen LogP contribution in [-0.2, 0) is 9.63 Å². The first-order chi connectivity index (χ1) is 13.1. The Morgan fingerprint density at radius 1 is 1.11 bits per heavy atom. The van der Waals surface area contributed by atoms with Gasteiger partial charge in [0, 0.05) is 42.0 Å². The van der Waals surface area contributed by atoms with E-state index < -0.39 is 10.9 Å². The quantitative estimate of drug-likeness (QED) is 0.359. The normalized spacial score (nSPS) is 17.9. The number of carbonyl (C=O) groups is 1. The van der Waals surface area contributed by atoms with Crippen LogP contribution in [0.5, 0.6) is 0 Å². The van der Waals surface area contributed by atoms with Crippen molar-refractivity contribution in [1.29, 1.82) is 0 Å². The van der Waals surface area contributed by atoms with Crippen molar-refractivity contribution < 1.29 is 14.6 Å². The molecule has 2 aromatic rings. The standard InChI is InChI=1S/C20H17N3O4/c24-20-17(19(21-27-20)14-6-2-1-3-7-14)13-15-12-16(23(25)26)8-9-18(15)22-10-4-5-11-22/h1-3,6-9,12-13H,4-5,10-11H2/b17-13+. The fraction of sp³-hybridized carbons (Fsp3) is 0.200. The van der Waals surface area contributed by atoms with E-state index in [4.69, 9.17) is 4.84 Å². The van der Waals surface area contributed by atoms with E-state index in [1.165, 1.54) is 12.1 Å². The third-order valence-electron chi connectivity index (χ3n) is 4.71. The summed E-state index contributed by atoms with van der Waals surface area (Å²) in [6.07, 6.45) is 3.79. The molecule has 0 spiro atoms. The van der Waals surface area contributed by atoms with E-state index in [2.05, 4.69) is 10.1 Å². The zero-order valence-corrected chi connectivity index (χ0v) is 14.5. The number of non-ortho nitro benzene ring substituents is 1. The van der Waals surface area contributed by atoms with Crippen molar-refractivity contribution in [2.24, 2.45) is 5.16 Å². The van der Waals surface area contributed by atoms with Crippen molar-refractivity contribution in [3.8, 4) is 0 Å². The van der Waals surface area contributed by atoms with Crippen LogP contribution in [0.1, 0.15) is 24.0 Å². The Labute approximate surface area is 155 Å². The lowest BCUT2D eigenvalue weighted by molar-refractivity contribution is -0.384. The molecule has 27 heavy (non-hydrogen) atoms. The molecule has 1 saturated heterocycles. The lowest BCUT2D eigenvalue weighted by Crippen LogP contribution is -2.19. The first-order valence-corrected chi connectivity index (χ1v) is 8.74. The van der Waals surface area contributed by atoms with Gasteiger partial charge in [-0.05, 0) is 25.0 Å². The minimum Gasteiger partial charge on any atom is -0.371 e. The molecular formula is C20H17N3O4. The first kappa shape index (κ1) is 17.0. The number of anilines is 1. The molecule has 0 N–H and O–H groups in total. The molecule has 2 heterocycles. The van der Waals surface area contributed by atoms with E-state index in [1.807, 2.05) is 30.3 Å². The van der Waals surface area contributed by atoms with Crippen molar-refractivity contribution >= 4 is 29.1 Å². The van der Waals surface area contributed by atoms with Crippen molar-refractivity contribution in [1.82, 2.24) is 0 Å². The number of nitro groups is 1. The predicted molar refractivity (Wildman–Crippen MR) is 102 cm³/mol. The third-order valence-corrected chi connectivity index (χ3v) is 4.71. The van der Waals surface area contributed by atoms with Gasteiger partial charge in [-0.15, -0.1) is 0 Å². The largest absolute Gasteiger partial charge is 0.371 e. The maximum absolute atomic E-state index is 12.3. The van der Waals surface area contributed by atoms with Crippen molar-refractivity contribution in [2.75, 3.05) is 18.0 Å². The van der Waals surface area contributed by atoms with Gasteiger partial charge in [0.05, 0.1) is 10.5 Å². The molecule has 7 nitrogen and oxygen atoms in total. The van der Waals surface area contributed by atoms with Gasteiger partial charge in [-0.2, -0.15) is 0 Å². The highest BCUT2D eigenvalue weighted by Gasteiger charge is 2.28. The summed E-state index contributed by atoms with van der Waals surface area (Å²) in [6, 6.07) is 14.0. The van der Waals surface area contributed by atoms with Crippen LogP contribution < -0.4 is 4.90 Å². The van der Waals surface area contributed by atoms with E-state index in [-0.39, 0.29) is 5.69 Å². The minimum atomic E-state index is -0.562. The second kappa shape index (κ2) is 7.03. The molecule has 2 aliphatic rings. The second-order valence-electron chi connectivity index (χ2n) is 6.44. The molecule has 0 saturated carbocycles. The van der Waals surface area contributed by atoms with Gasteiger partial charge >= 0.3 is 5.97 Å². The molecule has 0 unspecified atom stereocenters. The molecule has 2 aliphatic heterocycles. The molecule has 4 rings (SSSR count). The highest BCUT2D eigenvalue weighted by Crippen LogP contribution is 2.31. The molecule has 2 aromatic carbocycles. The number of nitro benzene ring substituents is 1. The highest BCUT2D eigenvalue weighted by atomic mass is 16.7. The predicted octanol–water partition coefficient (Wildman–Crippen LogP) is 3.54. The van der Waals surface area contributed by atoms with Crippen LogP contribution in [-0.4, -0.2) is 29.7 Å². The number of nitrogens with zero attached hydrogens (tertiary/aromatic N) is 3. The fourth-order valence-corrected chi connectivity index (χ4v) is 3.39.